The Morgan fingerprint density at radius 1 is 1.47 bits per heavy atom. The molecule has 1 heterocycles. The van der Waals surface area contributed by atoms with Gasteiger partial charge in [0, 0.05) is 17.5 Å². The van der Waals surface area contributed by atoms with E-state index in [4.69, 9.17) is 27.9 Å². The molecule has 1 saturated heterocycles. The molecule has 4 heteroatoms. The molecule has 1 aromatic rings. The first-order valence-corrected chi connectivity index (χ1v) is 6.78. The number of halogens is 2. The molecule has 0 unspecified atom stereocenters. The van der Waals surface area contributed by atoms with E-state index in [1.165, 1.54) is 6.42 Å². The summed E-state index contributed by atoms with van der Waals surface area (Å²) in [6, 6.07) is 5.37. The van der Waals surface area contributed by atoms with Crippen LogP contribution in [-0.4, -0.2) is 19.2 Å². The fourth-order valence-electron chi connectivity index (χ4n) is 2.24. The van der Waals surface area contributed by atoms with E-state index >= 15 is 0 Å². The molecule has 0 bridgehead atoms. The highest BCUT2D eigenvalue weighted by Crippen LogP contribution is 2.30. The van der Waals surface area contributed by atoms with Crippen molar-refractivity contribution in [2.24, 2.45) is 5.92 Å². The van der Waals surface area contributed by atoms with Gasteiger partial charge in [-0.05, 0) is 37.6 Å². The summed E-state index contributed by atoms with van der Waals surface area (Å²) in [5.41, 5.74) is 0. The molecule has 2 nitrogen and oxygen atoms in total. The summed E-state index contributed by atoms with van der Waals surface area (Å²) in [5, 5.41) is 4.58. The van der Waals surface area contributed by atoms with Crippen LogP contribution in [0.3, 0.4) is 0 Å². The lowest BCUT2D eigenvalue weighted by atomic mass is 9.99. The number of hydrogen-bond donors (Lipinski definition) is 1. The van der Waals surface area contributed by atoms with Gasteiger partial charge in [0.25, 0.3) is 0 Å². The molecule has 1 fully saturated rings. The standard InChI is InChI=1S/C13H17Cl2NO/c1-2-12(9-5-6-16-8-9)17-13-4-3-10(14)7-11(13)15/h3-4,7,9,12,16H,2,5-6,8H2,1H3/t9-,12+/m0/s1. The van der Waals surface area contributed by atoms with Crippen LogP contribution >= 0.6 is 23.2 Å². The van der Waals surface area contributed by atoms with Crippen LogP contribution in [0.25, 0.3) is 0 Å². The fourth-order valence-corrected chi connectivity index (χ4v) is 2.69. The molecule has 0 radical (unpaired) electrons. The molecule has 1 aliphatic heterocycles. The molecule has 94 valence electrons. The zero-order valence-electron chi connectivity index (χ0n) is 9.88. The lowest BCUT2D eigenvalue weighted by molar-refractivity contribution is 0.138. The molecule has 2 atom stereocenters. The Hall–Kier alpha value is -0.440. The molecule has 0 saturated carbocycles. The Bertz CT molecular complexity index is 378. The minimum absolute atomic E-state index is 0.226. The van der Waals surface area contributed by atoms with E-state index in [-0.39, 0.29) is 6.10 Å². The number of ether oxygens (including phenoxy) is 1. The molecule has 17 heavy (non-hydrogen) atoms. The van der Waals surface area contributed by atoms with E-state index in [9.17, 15) is 0 Å². The van der Waals surface area contributed by atoms with Crippen LogP contribution in [0, 0.1) is 5.92 Å². The molecule has 0 amide bonds. The molecule has 2 rings (SSSR count). The summed E-state index contributed by atoms with van der Waals surface area (Å²) in [6.07, 6.45) is 2.39. The highest BCUT2D eigenvalue weighted by Gasteiger charge is 2.25. The van der Waals surface area contributed by atoms with E-state index in [1.807, 2.05) is 12.1 Å². The second-order valence-electron chi connectivity index (χ2n) is 4.39. The number of nitrogens with one attached hydrogen (secondary N) is 1. The predicted octanol–water partition coefficient (Wildman–Crippen LogP) is 3.76. The van der Waals surface area contributed by atoms with Gasteiger partial charge in [-0.1, -0.05) is 30.1 Å². The molecule has 1 N–H and O–H groups in total. The maximum atomic E-state index is 6.11. The molecule has 0 spiro atoms. The highest BCUT2D eigenvalue weighted by molar-refractivity contribution is 6.35. The second-order valence-corrected chi connectivity index (χ2v) is 5.24. The minimum atomic E-state index is 0.226. The SMILES string of the molecule is CC[C@@H](Oc1ccc(Cl)cc1Cl)[C@H]1CCNC1. The largest absolute Gasteiger partial charge is 0.489 e. The van der Waals surface area contributed by atoms with Crippen molar-refractivity contribution in [2.45, 2.75) is 25.9 Å². The Kier molecular flexibility index (Phi) is 4.55. The average molecular weight is 274 g/mol. The summed E-state index contributed by atoms with van der Waals surface area (Å²) in [5.74, 6) is 1.31. The monoisotopic (exact) mass is 273 g/mol. The van der Waals surface area contributed by atoms with Crippen molar-refractivity contribution < 1.29 is 4.74 Å². The van der Waals surface area contributed by atoms with Gasteiger partial charge >= 0.3 is 0 Å². The summed E-state index contributed by atoms with van der Waals surface area (Å²) >= 11 is 12.0. The van der Waals surface area contributed by atoms with Gasteiger partial charge in [-0.15, -0.1) is 0 Å². The normalized spacial score (nSPS) is 21.5. The van der Waals surface area contributed by atoms with Gasteiger partial charge in [0.1, 0.15) is 11.9 Å². The van der Waals surface area contributed by atoms with E-state index < -0.39 is 0 Å². The van der Waals surface area contributed by atoms with Crippen LogP contribution in [-0.2, 0) is 0 Å². The van der Waals surface area contributed by atoms with Crippen LogP contribution in [0.1, 0.15) is 19.8 Å². The van der Waals surface area contributed by atoms with Crippen molar-refractivity contribution in [3.05, 3.63) is 28.2 Å². The van der Waals surface area contributed by atoms with Gasteiger partial charge in [-0.2, -0.15) is 0 Å². The summed E-state index contributed by atoms with van der Waals surface area (Å²) in [7, 11) is 0. The fraction of sp³-hybridized carbons (Fsp3) is 0.538. The first kappa shape index (κ1) is 13.0. The third kappa shape index (κ3) is 3.27. The van der Waals surface area contributed by atoms with Gasteiger partial charge in [-0.3, -0.25) is 0 Å². The third-order valence-corrected chi connectivity index (χ3v) is 3.73. The molecule has 0 aliphatic carbocycles. The van der Waals surface area contributed by atoms with Crippen molar-refractivity contribution >= 4 is 23.2 Å². The first-order valence-electron chi connectivity index (χ1n) is 6.03. The topological polar surface area (TPSA) is 21.3 Å². The quantitative estimate of drug-likeness (QED) is 0.902. The maximum Gasteiger partial charge on any atom is 0.138 e. The Morgan fingerprint density at radius 2 is 2.29 bits per heavy atom. The van der Waals surface area contributed by atoms with E-state index in [0.717, 1.165) is 25.3 Å². The van der Waals surface area contributed by atoms with Crippen LogP contribution in [0.5, 0.6) is 5.75 Å². The van der Waals surface area contributed by atoms with Crippen molar-refractivity contribution in [3.8, 4) is 5.75 Å². The minimum Gasteiger partial charge on any atom is -0.489 e. The van der Waals surface area contributed by atoms with Gasteiger partial charge in [0.15, 0.2) is 0 Å². The zero-order chi connectivity index (χ0) is 12.3. The Labute approximate surface area is 112 Å². The summed E-state index contributed by atoms with van der Waals surface area (Å²) in [6.45, 7) is 4.26. The summed E-state index contributed by atoms with van der Waals surface area (Å²) in [4.78, 5) is 0. The van der Waals surface area contributed by atoms with E-state index in [0.29, 0.717) is 16.0 Å². The van der Waals surface area contributed by atoms with Crippen LogP contribution in [0.4, 0.5) is 0 Å². The predicted molar refractivity (Wildman–Crippen MR) is 72.1 cm³/mol. The van der Waals surface area contributed by atoms with Crippen molar-refractivity contribution in [3.63, 3.8) is 0 Å². The van der Waals surface area contributed by atoms with Gasteiger partial charge in [0.05, 0.1) is 5.02 Å². The van der Waals surface area contributed by atoms with Crippen LogP contribution in [0.2, 0.25) is 10.0 Å². The number of hydrogen-bond acceptors (Lipinski definition) is 2. The van der Waals surface area contributed by atoms with E-state index in [1.54, 1.807) is 6.07 Å². The number of benzene rings is 1. The lowest BCUT2D eigenvalue weighted by Crippen LogP contribution is -2.28. The smallest absolute Gasteiger partial charge is 0.138 e. The van der Waals surface area contributed by atoms with Crippen molar-refractivity contribution in [2.75, 3.05) is 13.1 Å². The van der Waals surface area contributed by atoms with Gasteiger partial charge in [0.2, 0.25) is 0 Å². The molecule has 1 aromatic carbocycles. The van der Waals surface area contributed by atoms with Crippen LogP contribution in [0.15, 0.2) is 18.2 Å². The van der Waals surface area contributed by atoms with Gasteiger partial charge in [-0.25, -0.2) is 0 Å². The van der Waals surface area contributed by atoms with Gasteiger partial charge < -0.3 is 10.1 Å². The molecule has 1 aliphatic rings. The van der Waals surface area contributed by atoms with E-state index in [2.05, 4.69) is 12.2 Å². The third-order valence-electron chi connectivity index (χ3n) is 3.20. The Balaban J connectivity index is 2.06. The van der Waals surface area contributed by atoms with Crippen LogP contribution < -0.4 is 10.1 Å². The zero-order valence-corrected chi connectivity index (χ0v) is 11.4. The summed E-state index contributed by atoms with van der Waals surface area (Å²) < 4.78 is 6.00. The first-order chi connectivity index (χ1) is 8.20. The average Bonchev–Trinajstić information content (AvgIpc) is 2.81. The van der Waals surface area contributed by atoms with Crippen molar-refractivity contribution in [1.82, 2.24) is 5.32 Å². The maximum absolute atomic E-state index is 6.11. The Morgan fingerprint density at radius 3 is 2.88 bits per heavy atom. The van der Waals surface area contributed by atoms with Crippen molar-refractivity contribution in [1.29, 1.82) is 0 Å². The lowest BCUT2D eigenvalue weighted by Gasteiger charge is -2.23. The highest BCUT2D eigenvalue weighted by atomic mass is 35.5. The molecular weight excluding hydrogens is 257 g/mol. The number of rotatable bonds is 4. The molecule has 0 aromatic heterocycles. The second kappa shape index (κ2) is 5.94. The molecular formula is C13H17Cl2NO.